The normalized spacial score (nSPS) is 19.6. The van der Waals surface area contributed by atoms with Gasteiger partial charge in [-0.05, 0) is 31.4 Å². The first-order valence-corrected chi connectivity index (χ1v) is 12.5. The zero-order valence-corrected chi connectivity index (χ0v) is 19.5. The molecule has 8 heteroatoms. The minimum atomic E-state index is 0.0557. The second kappa shape index (κ2) is 9.35. The van der Waals surface area contributed by atoms with Crippen molar-refractivity contribution in [2.24, 2.45) is 5.92 Å². The molecule has 0 atom stereocenters. The number of carbonyl (C=O) groups excluding carboxylic acids is 1. The molecule has 0 radical (unpaired) electrons. The monoisotopic (exact) mass is 460 g/mol. The molecule has 0 aliphatic carbocycles. The quantitative estimate of drug-likeness (QED) is 0.628. The summed E-state index contributed by atoms with van der Waals surface area (Å²) in [7, 11) is 0. The molecule has 5 heterocycles. The van der Waals surface area contributed by atoms with Crippen LogP contribution in [0.25, 0.3) is 5.65 Å². The van der Waals surface area contributed by atoms with Gasteiger partial charge in [0.2, 0.25) is 5.91 Å². The molecule has 2 fully saturated rings. The average molecular weight is 461 g/mol. The number of ether oxygens (including phenoxy) is 1. The van der Waals surface area contributed by atoms with Crippen LogP contribution in [0, 0.1) is 5.92 Å². The van der Waals surface area contributed by atoms with Gasteiger partial charge in [-0.1, -0.05) is 30.3 Å². The molecule has 1 aromatic carbocycles. The number of nitrogens with zero attached hydrogens (tertiary/aromatic N) is 5. The molecular weight excluding hydrogens is 428 g/mol. The molecule has 178 valence electrons. The largest absolute Gasteiger partial charge is 0.373 e. The van der Waals surface area contributed by atoms with Crippen molar-refractivity contribution < 1.29 is 9.53 Å². The number of anilines is 1. The Hall–Kier alpha value is -2.97. The number of rotatable bonds is 5. The Morgan fingerprint density at radius 3 is 2.68 bits per heavy atom. The average Bonchev–Trinajstić information content (AvgIpc) is 3.19. The summed E-state index contributed by atoms with van der Waals surface area (Å²) in [5.74, 6) is 1.47. The van der Waals surface area contributed by atoms with Gasteiger partial charge < -0.3 is 19.9 Å². The summed E-state index contributed by atoms with van der Waals surface area (Å²) in [5.41, 5.74) is 4.54. The van der Waals surface area contributed by atoms with Crippen molar-refractivity contribution in [3.63, 3.8) is 0 Å². The summed E-state index contributed by atoms with van der Waals surface area (Å²) in [6, 6.07) is 12.3. The van der Waals surface area contributed by atoms with Gasteiger partial charge in [0.1, 0.15) is 5.82 Å². The van der Waals surface area contributed by atoms with Crippen LogP contribution in [0.1, 0.15) is 29.7 Å². The first-order chi connectivity index (χ1) is 16.8. The predicted octanol–water partition coefficient (Wildman–Crippen LogP) is 2.06. The molecule has 3 aliphatic heterocycles. The lowest BCUT2D eigenvalue weighted by molar-refractivity contribution is -0.139. The van der Waals surface area contributed by atoms with Crippen molar-refractivity contribution in [3.8, 4) is 0 Å². The molecule has 0 bridgehead atoms. The highest BCUT2D eigenvalue weighted by molar-refractivity contribution is 5.82. The van der Waals surface area contributed by atoms with Gasteiger partial charge in [0.05, 0.1) is 30.5 Å². The van der Waals surface area contributed by atoms with E-state index in [0.717, 1.165) is 76.4 Å². The number of benzene rings is 1. The Kier molecular flexibility index (Phi) is 5.93. The topological polar surface area (TPSA) is 75.0 Å². The van der Waals surface area contributed by atoms with E-state index < -0.39 is 0 Å². The summed E-state index contributed by atoms with van der Waals surface area (Å²) in [6.45, 7) is 5.62. The number of piperidine rings is 1. The van der Waals surface area contributed by atoms with Crippen LogP contribution >= 0.6 is 0 Å². The van der Waals surface area contributed by atoms with Crippen LogP contribution in [0.5, 0.6) is 0 Å². The number of hydrogen-bond donors (Lipinski definition) is 1. The number of fused-ring (bicyclic) bond motifs is 2. The van der Waals surface area contributed by atoms with E-state index in [-0.39, 0.29) is 17.9 Å². The van der Waals surface area contributed by atoms with Crippen molar-refractivity contribution in [2.75, 3.05) is 44.2 Å². The Morgan fingerprint density at radius 2 is 1.85 bits per heavy atom. The number of nitrogens with one attached hydrogen (secondary N) is 1. The molecule has 34 heavy (non-hydrogen) atoms. The molecular formula is C26H32N6O2. The molecule has 0 spiro atoms. The zero-order chi connectivity index (χ0) is 22.9. The van der Waals surface area contributed by atoms with Crippen molar-refractivity contribution in [3.05, 3.63) is 59.4 Å². The molecule has 2 aromatic heterocycles. The lowest BCUT2D eigenvalue weighted by atomic mass is 9.95. The molecule has 1 amide bonds. The Morgan fingerprint density at radius 1 is 1.06 bits per heavy atom. The maximum absolute atomic E-state index is 13.2. The first kappa shape index (κ1) is 21.6. The fourth-order valence-corrected chi connectivity index (χ4v) is 5.44. The smallest absolute Gasteiger partial charge is 0.229 e. The third kappa shape index (κ3) is 4.16. The third-order valence-corrected chi connectivity index (χ3v) is 7.39. The lowest BCUT2D eigenvalue weighted by Gasteiger charge is -2.44. The summed E-state index contributed by atoms with van der Waals surface area (Å²) >= 11 is 0. The number of carbonyl (C=O) groups is 1. The molecule has 0 saturated carbocycles. The number of aromatic nitrogens is 3. The molecule has 1 N–H and O–H groups in total. The molecule has 2 saturated heterocycles. The van der Waals surface area contributed by atoms with E-state index in [1.54, 1.807) is 0 Å². The summed E-state index contributed by atoms with van der Waals surface area (Å²) in [5, 5.41) is 8.03. The third-order valence-electron chi connectivity index (χ3n) is 7.39. The van der Waals surface area contributed by atoms with Crippen molar-refractivity contribution in [2.45, 2.75) is 38.4 Å². The minimum absolute atomic E-state index is 0.0557. The van der Waals surface area contributed by atoms with E-state index in [0.29, 0.717) is 6.61 Å². The fraction of sp³-hybridized carbons (Fsp3) is 0.500. The van der Waals surface area contributed by atoms with Crippen LogP contribution in [0.2, 0.25) is 0 Å². The molecule has 0 unspecified atom stereocenters. The molecule has 3 aromatic rings. The van der Waals surface area contributed by atoms with Gasteiger partial charge in [0.15, 0.2) is 5.65 Å². The van der Waals surface area contributed by atoms with Gasteiger partial charge in [-0.15, -0.1) is 0 Å². The van der Waals surface area contributed by atoms with Gasteiger partial charge in [0.25, 0.3) is 0 Å². The summed E-state index contributed by atoms with van der Waals surface area (Å²) < 4.78 is 8.06. The maximum atomic E-state index is 13.2. The van der Waals surface area contributed by atoms with Crippen LogP contribution in [0.15, 0.2) is 42.6 Å². The summed E-state index contributed by atoms with van der Waals surface area (Å²) in [6.07, 6.45) is 5.74. The number of amides is 1. The lowest BCUT2D eigenvalue weighted by Crippen LogP contribution is -2.56. The molecule has 8 nitrogen and oxygen atoms in total. The van der Waals surface area contributed by atoms with Crippen molar-refractivity contribution >= 4 is 17.4 Å². The Bertz CT molecular complexity index is 1150. The van der Waals surface area contributed by atoms with Gasteiger partial charge in [-0.2, -0.15) is 9.61 Å². The number of hydrogen-bond acceptors (Lipinski definition) is 6. The van der Waals surface area contributed by atoms with E-state index in [1.165, 1.54) is 16.8 Å². The highest BCUT2D eigenvalue weighted by atomic mass is 16.5. The van der Waals surface area contributed by atoms with Crippen molar-refractivity contribution in [1.82, 2.24) is 24.8 Å². The van der Waals surface area contributed by atoms with Crippen LogP contribution in [-0.2, 0) is 29.0 Å². The molecule has 3 aliphatic rings. The van der Waals surface area contributed by atoms with Crippen LogP contribution < -0.4 is 10.2 Å². The van der Waals surface area contributed by atoms with Gasteiger partial charge >= 0.3 is 0 Å². The number of likely N-dealkylation sites (tertiary alicyclic amines) is 1. The second-order valence-corrected chi connectivity index (χ2v) is 9.64. The molecule has 6 rings (SSSR count). The Balaban J connectivity index is 1.06. The standard InChI is InChI=1S/C26H32N6O2/c33-26(30-14-9-21(10-15-30)34-18-19-4-2-1-3-5-19)20-16-31(17-20)25-22-6-11-27-12-7-23(22)29-24-8-13-28-32(24)25/h1-5,8,13,20-21,27H,6-7,9-12,14-18H2. The van der Waals surface area contributed by atoms with Crippen LogP contribution in [0.4, 0.5) is 5.82 Å². The van der Waals surface area contributed by atoms with E-state index in [1.807, 2.05) is 39.9 Å². The first-order valence-electron chi connectivity index (χ1n) is 12.5. The SMILES string of the molecule is O=C(C1CN(c2c3c(nc4ccnn24)CCNCC3)C1)N1CCC(OCc2ccccc2)CC1. The van der Waals surface area contributed by atoms with Gasteiger partial charge in [-0.3, -0.25) is 4.79 Å². The van der Waals surface area contributed by atoms with Crippen LogP contribution in [-0.4, -0.2) is 70.8 Å². The predicted molar refractivity (Wildman–Crippen MR) is 130 cm³/mol. The van der Waals surface area contributed by atoms with Gasteiger partial charge in [0, 0.05) is 50.8 Å². The second-order valence-electron chi connectivity index (χ2n) is 9.64. The summed E-state index contributed by atoms with van der Waals surface area (Å²) in [4.78, 5) is 22.4. The maximum Gasteiger partial charge on any atom is 0.229 e. The van der Waals surface area contributed by atoms with Crippen LogP contribution in [0.3, 0.4) is 0 Å². The van der Waals surface area contributed by atoms with E-state index >= 15 is 0 Å². The van der Waals surface area contributed by atoms with Gasteiger partial charge in [-0.25, -0.2) is 4.98 Å². The highest BCUT2D eigenvalue weighted by Gasteiger charge is 2.39. The highest BCUT2D eigenvalue weighted by Crippen LogP contribution is 2.32. The van der Waals surface area contributed by atoms with E-state index in [9.17, 15) is 4.79 Å². The van der Waals surface area contributed by atoms with E-state index in [4.69, 9.17) is 9.72 Å². The fourth-order valence-electron chi connectivity index (χ4n) is 5.44. The minimum Gasteiger partial charge on any atom is -0.373 e. The zero-order valence-electron chi connectivity index (χ0n) is 19.5. The Labute approximate surface area is 199 Å². The van der Waals surface area contributed by atoms with Crippen molar-refractivity contribution in [1.29, 1.82) is 0 Å². The van der Waals surface area contributed by atoms with E-state index in [2.05, 4.69) is 27.4 Å².